The molecular weight excluding hydrogens is 265 g/mol. The van der Waals surface area contributed by atoms with E-state index in [2.05, 4.69) is 0 Å². The molecule has 7 heteroatoms. The van der Waals surface area contributed by atoms with Crippen molar-refractivity contribution in [3.05, 3.63) is 23.3 Å². The largest absolute Gasteiger partial charge is 0.493 e. The minimum atomic E-state index is -4.57. The lowest BCUT2D eigenvalue weighted by Gasteiger charge is -2.17. The van der Waals surface area contributed by atoms with Crippen LogP contribution in [-0.4, -0.2) is 25.3 Å². The lowest BCUT2D eigenvalue weighted by Crippen LogP contribution is -2.10. The summed E-state index contributed by atoms with van der Waals surface area (Å²) in [5.74, 6) is -1.56. The van der Waals surface area contributed by atoms with Gasteiger partial charge in [0.15, 0.2) is 11.5 Å². The SMILES string of the molecule is COc1c(CCC(=O)O)ccc(C(F)(F)F)c1OC. The Labute approximate surface area is 107 Å². The molecule has 106 valence electrons. The maximum absolute atomic E-state index is 12.8. The Morgan fingerprint density at radius 1 is 1.21 bits per heavy atom. The van der Waals surface area contributed by atoms with Crippen molar-refractivity contribution in [2.24, 2.45) is 0 Å². The van der Waals surface area contributed by atoms with Gasteiger partial charge in [0, 0.05) is 6.42 Å². The predicted molar refractivity (Wildman–Crippen MR) is 60.5 cm³/mol. The first kappa shape index (κ1) is 15.1. The highest BCUT2D eigenvalue weighted by Gasteiger charge is 2.36. The number of alkyl halides is 3. The number of carbonyl (C=O) groups is 1. The average Bonchev–Trinajstić information content (AvgIpc) is 2.33. The number of hydrogen-bond donors (Lipinski definition) is 1. The van der Waals surface area contributed by atoms with Crippen LogP contribution < -0.4 is 9.47 Å². The summed E-state index contributed by atoms with van der Waals surface area (Å²) in [5.41, 5.74) is -0.597. The van der Waals surface area contributed by atoms with E-state index in [-0.39, 0.29) is 18.6 Å². The van der Waals surface area contributed by atoms with Gasteiger partial charge in [0.05, 0.1) is 14.2 Å². The molecule has 0 unspecified atom stereocenters. The fraction of sp³-hybridized carbons (Fsp3) is 0.417. The molecule has 0 spiro atoms. The van der Waals surface area contributed by atoms with Crippen LogP contribution >= 0.6 is 0 Å². The molecule has 0 heterocycles. The summed E-state index contributed by atoms with van der Waals surface area (Å²) in [6.07, 6.45) is -4.71. The first-order valence-corrected chi connectivity index (χ1v) is 5.34. The van der Waals surface area contributed by atoms with Crippen molar-refractivity contribution in [2.75, 3.05) is 14.2 Å². The molecule has 1 aromatic rings. The van der Waals surface area contributed by atoms with Crippen molar-refractivity contribution in [2.45, 2.75) is 19.0 Å². The maximum atomic E-state index is 12.8. The van der Waals surface area contributed by atoms with Gasteiger partial charge < -0.3 is 14.6 Å². The Hall–Kier alpha value is -1.92. The van der Waals surface area contributed by atoms with E-state index in [0.29, 0.717) is 5.56 Å². The molecule has 1 rings (SSSR count). The third-order valence-corrected chi connectivity index (χ3v) is 2.52. The minimum Gasteiger partial charge on any atom is -0.493 e. The van der Waals surface area contributed by atoms with Crippen LogP contribution in [0.2, 0.25) is 0 Å². The number of aryl methyl sites for hydroxylation is 1. The van der Waals surface area contributed by atoms with Crippen LogP contribution in [0.3, 0.4) is 0 Å². The molecule has 0 aliphatic heterocycles. The van der Waals surface area contributed by atoms with Gasteiger partial charge in [-0.3, -0.25) is 4.79 Å². The Morgan fingerprint density at radius 3 is 2.21 bits per heavy atom. The van der Waals surface area contributed by atoms with Gasteiger partial charge in [-0.05, 0) is 18.1 Å². The number of carboxylic acid groups (broad SMARTS) is 1. The van der Waals surface area contributed by atoms with E-state index in [1.807, 2.05) is 0 Å². The number of ether oxygens (including phenoxy) is 2. The van der Waals surface area contributed by atoms with E-state index in [1.54, 1.807) is 0 Å². The lowest BCUT2D eigenvalue weighted by molar-refractivity contribution is -0.139. The van der Waals surface area contributed by atoms with Gasteiger partial charge in [0.25, 0.3) is 0 Å². The fourth-order valence-corrected chi connectivity index (χ4v) is 1.69. The topological polar surface area (TPSA) is 55.8 Å². The van der Waals surface area contributed by atoms with Crippen LogP contribution in [0.5, 0.6) is 11.5 Å². The zero-order valence-corrected chi connectivity index (χ0v) is 10.4. The van der Waals surface area contributed by atoms with Gasteiger partial charge in [0.2, 0.25) is 0 Å². The van der Waals surface area contributed by atoms with Crippen molar-refractivity contribution in [1.29, 1.82) is 0 Å². The van der Waals surface area contributed by atoms with E-state index in [1.165, 1.54) is 13.2 Å². The number of rotatable bonds is 5. The van der Waals surface area contributed by atoms with Crippen LogP contribution in [0.15, 0.2) is 12.1 Å². The lowest BCUT2D eigenvalue weighted by atomic mass is 10.0. The van der Waals surface area contributed by atoms with Gasteiger partial charge in [-0.25, -0.2) is 0 Å². The summed E-state index contributed by atoms with van der Waals surface area (Å²) in [6.45, 7) is 0. The molecule has 4 nitrogen and oxygen atoms in total. The molecule has 0 aromatic heterocycles. The molecule has 0 fully saturated rings. The van der Waals surface area contributed by atoms with Crippen LogP contribution in [0.1, 0.15) is 17.5 Å². The van der Waals surface area contributed by atoms with Crippen LogP contribution in [0.25, 0.3) is 0 Å². The highest BCUT2D eigenvalue weighted by Crippen LogP contribution is 2.43. The Kier molecular flexibility index (Phi) is 4.63. The number of carboxylic acids is 1. The normalized spacial score (nSPS) is 11.2. The van der Waals surface area contributed by atoms with Gasteiger partial charge in [0.1, 0.15) is 5.56 Å². The van der Waals surface area contributed by atoms with E-state index in [4.69, 9.17) is 14.6 Å². The first-order valence-electron chi connectivity index (χ1n) is 5.34. The van der Waals surface area contributed by atoms with E-state index in [9.17, 15) is 18.0 Å². The number of aliphatic carboxylic acids is 1. The Bertz CT molecular complexity index is 469. The summed E-state index contributed by atoms with van der Waals surface area (Å²) in [7, 11) is 2.32. The summed E-state index contributed by atoms with van der Waals surface area (Å²) in [6, 6.07) is 2.06. The predicted octanol–water partition coefficient (Wildman–Crippen LogP) is 2.74. The Morgan fingerprint density at radius 2 is 1.79 bits per heavy atom. The second kappa shape index (κ2) is 5.81. The smallest absolute Gasteiger partial charge is 0.420 e. The molecule has 0 aliphatic rings. The van der Waals surface area contributed by atoms with Gasteiger partial charge in [-0.1, -0.05) is 6.07 Å². The number of hydrogen-bond acceptors (Lipinski definition) is 3. The van der Waals surface area contributed by atoms with Gasteiger partial charge in [-0.15, -0.1) is 0 Å². The van der Waals surface area contributed by atoms with Crippen molar-refractivity contribution < 1.29 is 32.5 Å². The fourth-order valence-electron chi connectivity index (χ4n) is 1.69. The van der Waals surface area contributed by atoms with E-state index in [0.717, 1.165) is 13.2 Å². The maximum Gasteiger partial charge on any atom is 0.420 e. The van der Waals surface area contributed by atoms with Crippen LogP contribution in [0, 0.1) is 0 Å². The molecule has 0 aliphatic carbocycles. The molecular formula is C12H13F3O4. The minimum absolute atomic E-state index is 0.0625. The first-order chi connectivity index (χ1) is 8.81. The summed E-state index contributed by atoms with van der Waals surface area (Å²) in [4.78, 5) is 10.5. The molecule has 0 saturated heterocycles. The highest BCUT2D eigenvalue weighted by molar-refractivity contribution is 5.67. The van der Waals surface area contributed by atoms with Gasteiger partial charge >= 0.3 is 12.1 Å². The van der Waals surface area contributed by atoms with E-state index >= 15 is 0 Å². The van der Waals surface area contributed by atoms with Crippen molar-refractivity contribution >= 4 is 5.97 Å². The molecule has 1 N–H and O–H groups in total. The molecule has 0 radical (unpaired) electrons. The van der Waals surface area contributed by atoms with Crippen molar-refractivity contribution in [3.63, 3.8) is 0 Å². The third-order valence-electron chi connectivity index (χ3n) is 2.52. The quantitative estimate of drug-likeness (QED) is 0.899. The van der Waals surface area contributed by atoms with E-state index < -0.39 is 23.5 Å². The number of halogens is 3. The molecule has 0 bridgehead atoms. The molecule has 0 atom stereocenters. The van der Waals surface area contributed by atoms with Crippen molar-refractivity contribution in [3.8, 4) is 11.5 Å². The van der Waals surface area contributed by atoms with Gasteiger partial charge in [-0.2, -0.15) is 13.2 Å². The average molecular weight is 278 g/mol. The summed E-state index contributed by atoms with van der Waals surface area (Å²) in [5, 5.41) is 8.60. The zero-order valence-electron chi connectivity index (χ0n) is 10.4. The summed E-state index contributed by atoms with van der Waals surface area (Å²) < 4.78 is 48.0. The standard InChI is InChI=1S/C12H13F3O4/c1-18-10-7(4-6-9(16)17)3-5-8(11(10)19-2)12(13,14)15/h3,5H,4,6H2,1-2H3,(H,16,17). The molecule has 0 saturated carbocycles. The monoisotopic (exact) mass is 278 g/mol. The molecule has 19 heavy (non-hydrogen) atoms. The Balaban J connectivity index is 3.26. The van der Waals surface area contributed by atoms with Crippen LogP contribution in [-0.2, 0) is 17.4 Å². The second-order valence-corrected chi connectivity index (χ2v) is 3.73. The van der Waals surface area contributed by atoms with Crippen LogP contribution in [0.4, 0.5) is 13.2 Å². The zero-order chi connectivity index (χ0) is 14.6. The number of methoxy groups -OCH3 is 2. The van der Waals surface area contributed by atoms with Crippen molar-refractivity contribution in [1.82, 2.24) is 0 Å². The molecule has 1 aromatic carbocycles. The second-order valence-electron chi connectivity index (χ2n) is 3.73. The number of benzene rings is 1. The molecule has 0 amide bonds. The summed E-state index contributed by atoms with van der Waals surface area (Å²) >= 11 is 0. The highest BCUT2D eigenvalue weighted by atomic mass is 19.4. The third kappa shape index (κ3) is 3.52.